The van der Waals surface area contributed by atoms with E-state index in [0.29, 0.717) is 15.1 Å². The van der Waals surface area contributed by atoms with E-state index in [0.717, 1.165) is 0 Å². The Bertz CT molecular complexity index is 565. The lowest BCUT2D eigenvalue weighted by Gasteiger charge is -2.10. The van der Waals surface area contributed by atoms with Crippen LogP contribution in [-0.4, -0.2) is 22.7 Å². The fourth-order valence-electron chi connectivity index (χ4n) is 1.32. The molecule has 0 heterocycles. The van der Waals surface area contributed by atoms with Crippen molar-refractivity contribution < 1.29 is 13.7 Å². The Hall–Kier alpha value is -1.08. The predicted octanol–water partition coefficient (Wildman–Crippen LogP) is 3.03. The zero-order chi connectivity index (χ0) is 13.8. The summed E-state index contributed by atoms with van der Waals surface area (Å²) in [5.41, 5.74) is 6.16. The van der Waals surface area contributed by atoms with Gasteiger partial charge in [-0.25, -0.2) is 9.00 Å². The third-order valence-electron chi connectivity index (χ3n) is 2.18. The molecule has 1 aromatic carbocycles. The number of benzene rings is 1. The van der Waals surface area contributed by atoms with Gasteiger partial charge >= 0.3 is 6.09 Å². The molecule has 0 saturated heterocycles. The second-order valence-corrected chi connectivity index (χ2v) is 6.74. The van der Waals surface area contributed by atoms with Gasteiger partial charge in [0.25, 0.3) is 0 Å². The summed E-state index contributed by atoms with van der Waals surface area (Å²) in [5.74, 6) is 0.217. The van der Waals surface area contributed by atoms with E-state index in [1.54, 1.807) is 32.0 Å². The molecule has 100 valence electrons. The molecule has 1 rings (SSSR count). The van der Waals surface area contributed by atoms with Gasteiger partial charge in [0, 0.05) is 15.9 Å². The Morgan fingerprint density at radius 2 is 2.17 bits per heavy atom. The van der Waals surface area contributed by atoms with E-state index in [1.165, 1.54) is 0 Å². The van der Waals surface area contributed by atoms with Gasteiger partial charge in [0.1, 0.15) is 0 Å². The lowest BCUT2D eigenvalue weighted by atomic mass is 10.3. The number of rotatable bonds is 3. The summed E-state index contributed by atoms with van der Waals surface area (Å²) in [6.45, 7) is 3.57. The van der Waals surface area contributed by atoms with Gasteiger partial charge in [-0.2, -0.15) is 0 Å². The average Bonchev–Trinajstić information content (AvgIpc) is 2.28. The number of halogens is 1. The lowest BCUT2D eigenvalue weighted by molar-refractivity contribution is 0.164. The number of hydrogen-bond donors (Lipinski definition) is 1. The summed E-state index contributed by atoms with van der Waals surface area (Å²) in [7, 11) is -2.83. The maximum absolute atomic E-state index is 12.6. The minimum Gasteiger partial charge on any atom is -0.448 e. The molecule has 0 aliphatic heterocycles. The summed E-state index contributed by atoms with van der Waals surface area (Å²) in [4.78, 5) is 11.8. The number of nitrogen functional groups attached to an aromatic ring is 1. The molecule has 7 heteroatoms. The SMILES string of the molecule is CCOC(=O)N=S(=O)(CC)c1ccc(N)cc1Br. The van der Waals surface area contributed by atoms with Gasteiger partial charge in [-0.05, 0) is 41.1 Å². The second kappa shape index (κ2) is 6.19. The van der Waals surface area contributed by atoms with Crippen LogP contribution < -0.4 is 5.73 Å². The average molecular weight is 335 g/mol. The molecule has 0 aliphatic rings. The van der Waals surface area contributed by atoms with Crippen molar-refractivity contribution in [2.75, 3.05) is 18.1 Å². The zero-order valence-electron chi connectivity index (χ0n) is 10.2. The highest BCUT2D eigenvalue weighted by Gasteiger charge is 2.17. The first-order valence-corrected chi connectivity index (χ1v) is 7.87. The Labute approximate surface area is 115 Å². The summed E-state index contributed by atoms with van der Waals surface area (Å²) in [5, 5.41) is 0. The monoisotopic (exact) mass is 334 g/mol. The molecule has 0 radical (unpaired) electrons. The predicted molar refractivity (Wildman–Crippen MR) is 75.0 cm³/mol. The summed E-state index contributed by atoms with van der Waals surface area (Å²) < 4.78 is 21.6. The third kappa shape index (κ3) is 3.46. The number of carbonyl (C=O) groups excluding carboxylic acids is 1. The van der Waals surface area contributed by atoms with Gasteiger partial charge in [0.15, 0.2) is 0 Å². The van der Waals surface area contributed by atoms with Gasteiger partial charge in [0.2, 0.25) is 0 Å². The van der Waals surface area contributed by atoms with Gasteiger partial charge in [0.05, 0.1) is 21.2 Å². The molecule has 0 aromatic heterocycles. The first-order valence-electron chi connectivity index (χ1n) is 5.39. The second-order valence-electron chi connectivity index (χ2n) is 3.41. The molecule has 0 aliphatic carbocycles. The molecule has 1 unspecified atom stereocenters. The molecular weight excluding hydrogens is 320 g/mol. The summed E-state index contributed by atoms with van der Waals surface area (Å²) >= 11 is 3.28. The summed E-state index contributed by atoms with van der Waals surface area (Å²) in [6, 6.07) is 4.86. The summed E-state index contributed by atoms with van der Waals surface area (Å²) in [6.07, 6.45) is -0.812. The van der Waals surface area contributed by atoms with E-state index in [9.17, 15) is 9.00 Å². The quantitative estimate of drug-likeness (QED) is 0.861. The molecule has 1 amide bonds. The van der Waals surface area contributed by atoms with Crippen LogP contribution >= 0.6 is 15.9 Å². The highest BCUT2D eigenvalue weighted by Crippen LogP contribution is 2.26. The number of ether oxygens (including phenoxy) is 1. The van der Waals surface area contributed by atoms with Gasteiger partial charge in [-0.15, -0.1) is 4.36 Å². The van der Waals surface area contributed by atoms with Crippen molar-refractivity contribution in [1.29, 1.82) is 0 Å². The van der Waals surface area contributed by atoms with Crippen molar-refractivity contribution in [2.45, 2.75) is 18.7 Å². The molecule has 1 aromatic rings. The topological polar surface area (TPSA) is 81.8 Å². The fraction of sp³-hybridized carbons (Fsp3) is 0.364. The van der Waals surface area contributed by atoms with Crippen LogP contribution in [0.25, 0.3) is 0 Å². The number of nitrogens with zero attached hydrogens (tertiary/aromatic N) is 1. The fourth-order valence-corrected chi connectivity index (χ4v) is 3.95. The van der Waals surface area contributed by atoms with E-state index in [-0.39, 0.29) is 12.4 Å². The van der Waals surface area contributed by atoms with Crippen LogP contribution in [0, 0.1) is 0 Å². The van der Waals surface area contributed by atoms with Crippen molar-refractivity contribution in [3.8, 4) is 0 Å². The van der Waals surface area contributed by atoms with E-state index in [4.69, 9.17) is 10.5 Å². The Kier molecular flexibility index (Phi) is 5.15. The molecular formula is C11H15BrN2O3S. The highest BCUT2D eigenvalue weighted by atomic mass is 79.9. The van der Waals surface area contributed by atoms with E-state index < -0.39 is 15.8 Å². The molecule has 5 nitrogen and oxygen atoms in total. The van der Waals surface area contributed by atoms with E-state index in [1.807, 2.05) is 0 Å². The number of amides is 1. The number of carbonyl (C=O) groups is 1. The molecule has 1 atom stereocenters. The zero-order valence-corrected chi connectivity index (χ0v) is 12.6. The maximum atomic E-state index is 12.6. The Balaban J connectivity index is 3.31. The molecule has 18 heavy (non-hydrogen) atoms. The van der Waals surface area contributed by atoms with Crippen LogP contribution in [-0.2, 0) is 14.5 Å². The first-order chi connectivity index (χ1) is 8.42. The minimum atomic E-state index is -2.83. The normalized spacial score (nSPS) is 13.7. The molecule has 0 saturated carbocycles. The van der Waals surface area contributed by atoms with Crippen molar-refractivity contribution in [3.05, 3.63) is 22.7 Å². The molecule has 0 bridgehead atoms. The molecule has 0 fully saturated rings. The Morgan fingerprint density at radius 1 is 1.50 bits per heavy atom. The largest absolute Gasteiger partial charge is 0.448 e. The number of anilines is 1. The third-order valence-corrected chi connectivity index (χ3v) is 5.37. The van der Waals surface area contributed by atoms with Gasteiger partial charge < -0.3 is 10.5 Å². The maximum Gasteiger partial charge on any atom is 0.442 e. The van der Waals surface area contributed by atoms with Crippen molar-refractivity contribution in [1.82, 2.24) is 0 Å². The van der Waals surface area contributed by atoms with Crippen molar-refractivity contribution in [2.24, 2.45) is 4.36 Å². The van der Waals surface area contributed by atoms with Crippen molar-refractivity contribution in [3.63, 3.8) is 0 Å². The Morgan fingerprint density at radius 3 is 2.67 bits per heavy atom. The van der Waals surface area contributed by atoms with Gasteiger partial charge in [-0.1, -0.05) is 6.92 Å². The molecule has 2 N–H and O–H groups in total. The van der Waals surface area contributed by atoms with Crippen LogP contribution in [0.15, 0.2) is 31.9 Å². The van der Waals surface area contributed by atoms with Crippen LogP contribution in [0.1, 0.15) is 13.8 Å². The standard InChI is InChI=1S/C11H15BrN2O3S/c1-3-17-11(15)14-18(16,4-2)10-6-5-8(13)7-9(10)12/h5-7H,3-4,13H2,1-2H3. The number of hydrogen-bond acceptors (Lipinski definition) is 4. The minimum absolute atomic E-state index is 0.199. The lowest BCUT2D eigenvalue weighted by Crippen LogP contribution is -2.10. The van der Waals surface area contributed by atoms with Crippen molar-refractivity contribution >= 4 is 37.4 Å². The van der Waals surface area contributed by atoms with Crippen LogP contribution in [0.2, 0.25) is 0 Å². The smallest absolute Gasteiger partial charge is 0.442 e. The van der Waals surface area contributed by atoms with Crippen LogP contribution in [0.4, 0.5) is 10.5 Å². The van der Waals surface area contributed by atoms with Crippen LogP contribution in [0.5, 0.6) is 0 Å². The van der Waals surface area contributed by atoms with Crippen LogP contribution in [0.3, 0.4) is 0 Å². The first kappa shape index (κ1) is 15.0. The number of nitrogens with two attached hydrogens (primary N) is 1. The van der Waals surface area contributed by atoms with E-state index in [2.05, 4.69) is 20.3 Å². The van der Waals surface area contributed by atoms with Gasteiger partial charge in [-0.3, -0.25) is 0 Å². The highest BCUT2D eigenvalue weighted by molar-refractivity contribution is 9.10. The molecule has 0 spiro atoms. The van der Waals surface area contributed by atoms with E-state index >= 15 is 0 Å².